The van der Waals surface area contributed by atoms with Crippen molar-refractivity contribution in [2.45, 2.75) is 44.0 Å². The zero-order valence-corrected chi connectivity index (χ0v) is 20.4. The molecule has 1 amide bonds. The van der Waals surface area contributed by atoms with E-state index < -0.39 is 10.0 Å². The molecule has 180 valence electrons. The Morgan fingerprint density at radius 2 is 1.61 bits per heavy atom. The van der Waals surface area contributed by atoms with Gasteiger partial charge in [-0.05, 0) is 55.4 Å². The quantitative estimate of drug-likeness (QED) is 0.505. The fraction of sp³-hybridized carbons (Fsp3) is 0.480. The summed E-state index contributed by atoms with van der Waals surface area (Å²) in [6.45, 7) is 5.65. The van der Waals surface area contributed by atoms with Gasteiger partial charge in [0.05, 0.1) is 11.5 Å². The molecule has 0 aliphatic carbocycles. The van der Waals surface area contributed by atoms with Gasteiger partial charge in [-0.15, -0.1) is 0 Å². The number of amides is 1. The molecule has 8 heteroatoms. The number of rotatable bonds is 11. The topological polar surface area (TPSA) is 78.9 Å². The minimum absolute atomic E-state index is 0.182. The van der Waals surface area contributed by atoms with Crippen LogP contribution in [0.1, 0.15) is 48.5 Å². The average molecular weight is 474 g/mol. The number of carbonyl (C=O) groups is 1. The normalized spacial score (nSPS) is 15.3. The Kier molecular flexibility index (Phi) is 9.29. The molecular formula is C25H35N3O4S. The summed E-state index contributed by atoms with van der Waals surface area (Å²) < 4.78 is 32.9. The number of nitrogens with one attached hydrogen (secondary N) is 1. The van der Waals surface area contributed by atoms with Crippen LogP contribution in [-0.2, 0) is 16.6 Å². The maximum atomic E-state index is 12.8. The summed E-state index contributed by atoms with van der Waals surface area (Å²) >= 11 is 0. The predicted octanol–water partition coefficient (Wildman–Crippen LogP) is 3.51. The van der Waals surface area contributed by atoms with E-state index in [1.165, 1.54) is 23.6 Å². The van der Waals surface area contributed by atoms with Crippen LogP contribution in [0, 0.1) is 0 Å². The van der Waals surface area contributed by atoms with Crippen LogP contribution in [0.3, 0.4) is 0 Å². The molecule has 1 saturated heterocycles. The van der Waals surface area contributed by atoms with Crippen LogP contribution >= 0.6 is 0 Å². The molecule has 1 aliphatic rings. The van der Waals surface area contributed by atoms with E-state index in [4.69, 9.17) is 4.74 Å². The van der Waals surface area contributed by atoms with Crippen molar-refractivity contribution in [3.05, 3.63) is 59.7 Å². The lowest BCUT2D eigenvalue weighted by atomic mass is 10.2. The molecule has 0 atom stereocenters. The van der Waals surface area contributed by atoms with E-state index in [2.05, 4.69) is 17.1 Å². The van der Waals surface area contributed by atoms with Crippen LogP contribution in [0.5, 0.6) is 5.75 Å². The van der Waals surface area contributed by atoms with Crippen molar-refractivity contribution < 1.29 is 17.9 Å². The van der Waals surface area contributed by atoms with Crippen LogP contribution in [0.25, 0.3) is 0 Å². The number of piperazine rings is 1. The van der Waals surface area contributed by atoms with Gasteiger partial charge < -0.3 is 15.0 Å². The van der Waals surface area contributed by atoms with Gasteiger partial charge in [0.15, 0.2) is 0 Å². The summed E-state index contributed by atoms with van der Waals surface area (Å²) in [5, 5.41) is 2.88. The van der Waals surface area contributed by atoms with E-state index in [0.717, 1.165) is 30.8 Å². The van der Waals surface area contributed by atoms with Crippen molar-refractivity contribution in [1.82, 2.24) is 14.5 Å². The van der Waals surface area contributed by atoms with Crippen molar-refractivity contribution in [3.63, 3.8) is 0 Å². The van der Waals surface area contributed by atoms with Gasteiger partial charge in [0.2, 0.25) is 10.0 Å². The van der Waals surface area contributed by atoms with E-state index in [1.54, 1.807) is 36.4 Å². The first kappa shape index (κ1) is 25.2. The van der Waals surface area contributed by atoms with Crippen molar-refractivity contribution in [3.8, 4) is 5.75 Å². The summed E-state index contributed by atoms with van der Waals surface area (Å²) in [4.78, 5) is 14.9. The minimum atomic E-state index is -3.48. The van der Waals surface area contributed by atoms with Gasteiger partial charge >= 0.3 is 0 Å². The van der Waals surface area contributed by atoms with E-state index in [9.17, 15) is 13.2 Å². The molecule has 0 radical (unpaired) electrons. The van der Waals surface area contributed by atoms with Crippen molar-refractivity contribution >= 4 is 15.9 Å². The Labute approximate surface area is 197 Å². The molecule has 1 aliphatic heterocycles. The third kappa shape index (κ3) is 7.28. The number of ether oxygens (including phenoxy) is 1. The van der Waals surface area contributed by atoms with Crippen LogP contribution in [-0.4, -0.2) is 63.4 Å². The van der Waals surface area contributed by atoms with Crippen LogP contribution < -0.4 is 10.1 Å². The minimum Gasteiger partial charge on any atom is -0.494 e. The number of carbonyl (C=O) groups excluding carboxylic acids is 1. The summed E-state index contributed by atoms with van der Waals surface area (Å²) in [7, 11) is -1.49. The van der Waals surface area contributed by atoms with E-state index in [0.29, 0.717) is 31.8 Å². The molecule has 0 saturated carbocycles. The fourth-order valence-electron chi connectivity index (χ4n) is 3.66. The number of hydrogen-bond donors (Lipinski definition) is 1. The van der Waals surface area contributed by atoms with E-state index >= 15 is 0 Å². The second-order valence-corrected chi connectivity index (χ2v) is 10.4. The first-order chi connectivity index (χ1) is 15.9. The second kappa shape index (κ2) is 12.2. The summed E-state index contributed by atoms with van der Waals surface area (Å²) in [6, 6.07) is 13.9. The molecule has 0 spiro atoms. The Hall–Kier alpha value is -2.42. The largest absolute Gasteiger partial charge is 0.494 e. The Morgan fingerprint density at radius 1 is 0.939 bits per heavy atom. The molecule has 0 unspecified atom stereocenters. The van der Waals surface area contributed by atoms with Gasteiger partial charge in [-0.25, -0.2) is 8.42 Å². The zero-order valence-electron chi connectivity index (χ0n) is 19.6. The highest BCUT2D eigenvalue weighted by Crippen LogP contribution is 2.18. The monoisotopic (exact) mass is 473 g/mol. The van der Waals surface area contributed by atoms with Gasteiger partial charge in [0.1, 0.15) is 5.75 Å². The molecule has 7 nitrogen and oxygen atoms in total. The number of sulfonamides is 1. The Morgan fingerprint density at radius 3 is 2.24 bits per heavy atom. The Balaban J connectivity index is 1.48. The van der Waals surface area contributed by atoms with Crippen molar-refractivity contribution in [1.29, 1.82) is 0 Å². The average Bonchev–Trinajstić information content (AvgIpc) is 2.83. The summed E-state index contributed by atoms with van der Waals surface area (Å²) in [5.74, 6) is 0.582. The highest BCUT2D eigenvalue weighted by Gasteiger charge is 2.27. The van der Waals surface area contributed by atoms with Crippen molar-refractivity contribution in [2.24, 2.45) is 0 Å². The standard InChI is InChI=1S/C25H35N3O4S/c1-3-4-5-6-19-32-23-11-9-22(10-12-23)25(29)26-20-21-7-13-24(14-8-21)33(30,31)28-17-15-27(2)16-18-28/h7-14H,3-6,15-20H2,1-2H3,(H,26,29). The zero-order chi connectivity index (χ0) is 23.7. The van der Waals surface area contributed by atoms with Gasteiger partial charge in [-0.2, -0.15) is 4.31 Å². The highest BCUT2D eigenvalue weighted by molar-refractivity contribution is 7.89. The third-order valence-corrected chi connectivity index (χ3v) is 7.77. The number of unbranched alkanes of at least 4 members (excludes halogenated alkanes) is 3. The van der Waals surface area contributed by atoms with Crippen LogP contribution in [0.15, 0.2) is 53.4 Å². The molecule has 2 aromatic carbocycles. The maximum absolute atomic E-state index is 12.8. The lowest BCUT2D eigenvalue weighted by Crippen LogP contribution is -2.47. The second-order valence-electron chi connectivity index (χ2n) is 8.47. The molecule has 3 rings (SSSR count). The highest BCUT2D eigenvalue weighted by atomic mass is 32.2. The van der Waals surface area contributed by atoms with Gasteiger partial charge in [-0.1, -0.05) is 38.3 Å². The van der Waals surface area contributed by atoms with Gasteiger partial charge in [0.25, 0.3) is 5.91 Å². The van der Waals surface area contributed by atoms with Crippen LogP contribution in [0.4, 0.5) is 0 Å². The van der Waals surface area contributed by atoms with E-state index in [-0.39, 0.29) is 10.8 Å². The number of likely N-dealkylation sites (N-methyl/N-ethyl adjacent to an activating group) is 1. The molecule has 0 bridgehead atoms. The smallest absolute Gasteiger partial charge is 0.251 e. The molecular weight excluding hydrogens is 438 g/mol. The first-order valence-electron chi connectivity index (χ1n) is 11.7. The van der Waals surface area contributed by atoms with E-state index in [1.807, 2.05) is 19.2 Å². The molecule has 1 fully saturated rings. The molecule has 33 heavy (non-hydrogen) atoms. The predicted molar refractivity (Wildman–Crippen MR) is 130 cm³/mol. The first-order valence-corrected chi connectivity index (χ1v) is 13.1. The van der Waals surface area contributed by atoms with Gasteiger partial charge in [0, 0.05) is 38.3 Å². The molecule has 1 heterocycles. The number of nitrogens with zero attached hydrogens (tertiary/aromatic N) is 2. The third-order valence-electron chi connectivity index (χ3n) is 5.86. The van der Waals surface area contributed by atoms with Gasteiger partial charge in [-0.3, -0.25) is 4.79 Å². The lowest BCUT2D eigenvalue weighted by Gasteiger charge is -2.31. The fourth-order valence-corrected chi connectivity index (χ4v) is 5.08. The molecule has 2 aromatic rings. The Bertz CT molecular complexity index is 983. The molecule has 0 aromatic heterocycles. The molecule has 1 N–H and O–H groups in total. The van der Waals surface area contributed by atoms with Crippen molar-refractivity contribution in [2.75, 3.05) is 39.8 Å². The summed E-state index contributed by atoms with van der Waals surface area (Å²) in [5.41, 5.74) is 1.40. The summed E-state index contributed by atoms with van der Waals surface area (Å²) in [6.07, 6.45) is 4.62. The number of benzene rings is 2. The van der Waals surface area contributed by atoms with Crippen LogP contribution in [0.2, 0.25) is 0 Å². The maximum Gasteiger partial charge on any atom is 0.251 e. The lowest BCUT2D eigenvalue weighted by molar-refractivity contribution is 0.0951. The SMILES string of the molecule is CCCCCCOc1ccc(C(=O)NCc2ccc(S(=O)(=O)N3CCN(C)CC3)cc2)cc1. The number of hydrogen-bond acceptors (Lipinski definition) is 5.